The van der Waals surface area contributed by atoms with E-state index in [0.717, 1.165) is 65.0 Å². The maximum absolute atomic E-state index is 14.0. The zero-order valence-electron chi connectivity index (χ0n) is 21.6. The molecule has 4 aromatic rings. The van der Waals surface area contributed by atoms with Gasteiger partial charge in [0.25, 0.3) is 0 Å². The SMILES string of the molecule is CC(C)(C)/C=C(\c1cn[nH]c1)c1cccc(NC(=O)C2(c3ccc(-c4cn[nH]c4)cc3)CCNCC2)c1. The van der Waals surface area contributed by atoms with Crippen molar-refractivity contribution in [2.45, 2.75) is 39.0 Å². The van der Waals surface area contributed by atoms with E-state index in [4.69, 9.17) is 0 Å². The van der Waals surface area contributed by atoms with Crippen molar-refractivity contribution in [3.05, 3.63) is 96.1 Å². The van der Waals surface area contributed by atoms with Crippen LogP contribution in [-0.2, 0) is 10.2 Å². The van der Waals surface area contributed by atoms with Crippen molar-refractivity contribution >= 4 is 17.2 Å². The number of piperidine rings is 1. The first-order valence-electron chi connectivity index (χ1n) is 12.8. The Morgan fingerprint density at radius 1 is 0.919 bits per heavy atom. The summed E-state index contributed by atoms with van der Waals surface area (Å²) < 4.78 is 0. The summed E-state index contributed by atoms with van der Waals surface area (Å²) in [5.41, 5.74) is 6.47. The molecule has 0 unspecified atom stereocenters. The van der Waals surface area contributed by atoms with Crippen LogP contribution in [0.25, 0.3) is 16.7 Å². The van der Waals surface area contributed by atoms with Gasteiger partial charge in [-0.3, -0.25) is 15.0 Å². The molecule has 5 rings (SSSR count). The summed E-state index contributed by atoms with van der Waals surface area (Å²) in [6, 6.07) is 16.4. The number of carbonyl (C=O) groups is 1. The normalized spacial score (nSPS) is 15.9. The zero-order chi connectivity index (χ0) is 25.9. The number of nitrogens with zero attached hydrogens (tertiary/aromatic N) is 2. The Morgan fingerprint density at radius 3 is 2.30 bits per heavy atom. The molecule has 190 valence electrons. The molecule has 0 atom stereocenters. The molecule has 1 amide bonds. The third-order valence-electron chi connectivity index (χ3n) is 6.98. The Morgan fingerprint density at radius 2 is 1.65 bits per heavy atom. The van der Waals surface area contributed by atoms with E-state index in [1.165, 1.54) is 0 Å². The largest absolute Gasteiger partial charge is 0.325 e. The second-order valence-electron chi connectivity index (χ2n) is 10.8. The quantitative estimate of drug-likeness (QED) is 0.283. The van der Waals surface area contributed by atoms with Crippen LogP contribution in [0.1, 0.15) is 50.3 Å². The van der Waals surface area contributed by atoms with E-state index in [1.54, 1.807) is 6.20 Å². The highest BCUT2D eigenvalue weighted by atomic mass is 16.2. The number of carbonyl (C=O) groups excluding carboxylic acids is 1. The molecule has 2 aromatic heterocycles. The maximum Gasteiger partial charge on any atom is 0.235 e. The highest BCUT2D eigenvalue weighted by Crippen LogP contribution is 2.37. The average Bonchev–Trinajstić information content (AvgIpc) is 3.63. The monoisotopic (exact) mass is 494 g/mol. The zero-order valence-corrected chi connectivity index (χ0v) is 21.6. The van der Waals surface area contributed by atoms with E-state index in [-0.39, 0.29) is 11.3 Å². The number of aromatic nitrogens is 4. The second-order valence-corrected chi connectivity index (χ2v) is 10.8. The van der Waals surface area contributed by atoms with Gasteiger partial charge in [-0.25, -0.2) is 0 Å². The Balaban J connectivity index is 1.44. The van der Waals surface area contributed by atoms with Gasteiger partial charge in [-0.1, -0.05) is 63.2 Å². The maximum atomic E-state index is 14.0. The third kappa shape index (κ3) is 5.42. The first-order chi connectivity index (χ1) is 17.8. The van der Waals surface area contributed by atoms with Gasteiger partial charge in [-0.05, 0) is 65.7 Å². The highest BCUT2D eigenvalue weighted by molar-refractivity contribution is 6.00. The highest BCUT2D eigenvalue weighted by Gasteiger charge is 2.41. The van der Waals surface area contributed by atoms with Gasteiger partial charge < -0.3 is 10.6 Å². The number of H-pyrrole nitrogens is 2. The van der Waals surface area contributed by atoms with Crippen molar-refractivity contribution in [1.29, 1.82) is 0 Å². The minimum atomic E-state index is -0.592. The molecule has 7 nitrogen and oxygen atoms in total. The van der Waals surface area contributed by atoms with Gasteiger partial charge in [0.05, 0.1) is 17.8 Å². The molecule has 37 heavy (non-hydrogen) atoms. The topological polar surface area (TPSA) is 98.5 Å². The summed E-state index contributed by atoms with van der Waals surface area (Å²) in [5.74, 6) is 0.0341. The third-order valence-corrected chi connectivity index (χ3v) is 6.98. The van der Waals surface area contributed by atoms with Crippen LogP contribution in [0.5, 0.6) is 0 Å². The van der Waals surface area contributed by atoms with Crippen LogP contribution < -0.4 is 10.6 Å². The van der Waals surface area contributed by atoms with Gasteiger partial charge in [0.2, 0.25) is 5.91 Å². The molecule has 4 N–H and O–H groups in total. The number of rotatable bonds is 6. The summed E-state index contributed by atoms with van der Waals surface area (Å²) in [6.07, 6.45) is 11.2. The lowest BCUT2D eigenvalue weighted by Crippen LogP contribution is -2.48. The molecular formula is C30H34N6O. The van der Waals surface area contributed by atoms with Crippen molar-refractivity contribution in [2.75, 3.05) is 18.4 Å². The van der Waals surface area contributed by atoms with Crippen molar-refractivity contribution < 1.29 is 4.79 Å². The van der Waals surface area contributed by atoms with Crippen LogP contribution in [0.15, 0.2) is 79.4 Å². The van der Waals surface area contributed by atoms with Gasteiger partial charge >= 0.3 is 0 Å². The fraction of sp³-hybridized carbons (Fsp3) is 0.300. The van der Waals surface area contributed by atoms with Crippen LogP contribution >= 0.6 is 0 Å². The predicted molar refractivity (Wildman–Crippen MR) is 148 cm³/mol. The second kappa shape index (κ2) is 10.2. The summed E-state index contributed by atoms with van der Waals surface area (Å²) >= 11 is 0. The number of amides is 1. The standard InChI is InChI=1S/C30H34N6O/c1-29(2,3)16-27(24-19-34-35-20-24)22-5-4-6-26(15-22)36-28(37)30(11-13-31-14-12-30)25-9-7-21(8-10-25)23-17-32-33-18-23/h4-10,15-20,31H,11-14H2,1-3H3,(H,32,33)(H,34,35)(H,36,37)/b27-16-. The van der Waals surface area contributed by atoms with Gasteiger partial charge in [-0.2, -0.15) is 10.2 Å². The van der Waals surface area contributed by atoms with Crippen molar-refractivity contribution in [3.8, 4) is 11.1 Å². The van der Waals surface area contributed by atoms with E-state index in [1.807, 2.05) is 30.7 Å². The summed E-state index contributed by atoms with van der Waals surface area (Å²) in [4.78, 5) is 14.0. The molecule has 2 aromatic carbocycles. The van der Waals surface area contributed by atoms with Gasteiger partial charge in [-0.15, -0.1) is 0 Å². The van der Waals surface area contributed by atoms with E-state index in [9.17, 15) is 4.79 Å². The molecule has 0 radical (unpaired) electrons. The molecule has 7 heteroatoms. The number of hydrogen-bond donors (Lipinski definition) is 4. The Kier molecular flexibility index (Phi) is 6.80. The van der Waals surface area contributed by atoms with Crippen LogP contribution in [0.2, 0.25) is 0 Å². The molecule has 0 spiro atoms. The lowest BCUT2D eigenvalue weighted by atomic mass is 9.72. The van der Waals surface area contributed by atoms with Gasteiger partial charge in [0, 0.05) is 29.2 Å². The van der Waals surface area contributed by atoms with Crippen molar-refractivity contribution in [1.82, 2.24) is 25.7 Å². The first-order valence-corrected chi connectivity index (χ1v) is 12.8. The minimum Gasteiger partial charge on any atom is -0.325 e. The minimum absolute atomic E-state index is 0.0202. The predicted octanol–water partition coefficient (Wildman–Crippen LogP) is 5.54. The van der Waals surface area contributed by atoms with Crippen LogP contribution in [0.3, 0.4) is 0 Å². The van der Waals surface area contributed by atoms with E-state index >= 15 is 0 Å². The smallest absolute Gasteiger partial charge is 0.235 e. The number of anilines is 1. The number of allylic oxidation sites excluding steroid dienone is 1. The van der Waals surface area contributed by atoms with Gasteiger partial charge in [0.1, 0.15) is 0 Å². The number of hydrogen-bond acceptors (Lipinski definition) is 4. The molecule has 3 heterocycles. The summed E-state index contributed by atoms with van der Waals surface area (Å²) in [7, 11) is 0. The number of nitrogens with one attached hydrogen (secondary N) is 4. The van der Waals surface area contributed by atoms with E-state index in [0.29, 0.717) is 0 Å². The fourth-order valence-corrected chi connectivity index (χ4v) is 5.07. The molecular weight excluding hydrogens is 460 g/mol. The number of benzene rings is 2. The molecule has 0 bridgehead atoms. The van der Waals surface area contributed by atoms with Gasteiger partial charge in [0.15, 0.2) is 0 Å². The number of aromatic amines is 2. The molecule has 1 saturated heterocycles. The van der Waals surface area contributed by atoms with Crippen LogP contribution in [0.4, 0.5) is 5.69 Å². The molecule has 0 aliphatic carbocycles. The fourth-order valence-electron chi connectivity index (χ4n) is 5.07. The average molecular weight is 495 g/mol. The van der Waals surface area contributed by atoms with E-state index < -0.39 is 5.41 Å². The molecule has 1 aliphatic heterocycles. The van der Waals surface area contributed by atoms with Crippen molar-refractivity contribution in [3.63, 3.8) is 0 Å². The summed E-state index contributed by atoms with van der Waals surface area (Å²) in [5, 5.41) is 20.7. The first kappa shape index (κ1) is 24.7. The Labute approximate surface area is 217 Å². The lowest BCUT2D eigenvalue weighted by molar-refractivity contribution is -0.122. The molecule has 1 aliphatic rings. The Hall–Kier alpha value is -3.97. The van der Waals surface area contributed by atoms with Crippen LogP contribution in [0, 0.1) is 5.41 Å². The Bertz CT molecular complexity index is 1360. The molecule has 1 fully saturated rings. The molecule has 0 saturated carbocycles. The van der Waals surface area contributed by atoms with E-state index in [2.05, 4.69) is 94.3 Å². The lowest BCUT2D eigenvalue weighted by Gasteiger charge is -2.37. The van der Waals surface area contributed by atoms with Crippen molar-refractivity contribution in [2.24, 2.45) is 5.41 Å². The summed E-state index contributed by atoms with van der Waals surface area (Å²) in [6.45, 7) is 8.14. The van der Waals surface area contributed by atoms with Crippen LogP contribution in [-0.4, -0.2) is 39.4 Å².